The van der Waals surface area contributed by atoms with Crippen molar-refractivity contribution in [2.45, 2.75) is 26.2 Å². The first-order valence-corrected chi connectivity index (χ1v) is 6.14. The van der Waals surface area contributed by atoms with Gasteiger partial charge in [-0.2, -0.15) is 0 Å². The van der Waals surface area contributed by atoms with Gasteiger partial charge in [0, 0.05) is 24.6 Å². The highest BCUT2D eigenvalue weighted by atomic mass is 16.1. The van der Waals surface area contributed by atoms with E-state index in [1.54, 1.807) is 12.3 Å². The molecule has 3 N–H and O–H groups in total. The van der Waals surface area contributed by atoms with Crippen LogP contribution in [-0.4, -0.2) is 17.4 Å². The average molecular weight is 233 g/mol. The summed E-state index contributed by atoms with van der Waals surface area (Å²) in [5.41, 5.74) is 6.68. The number of nitrogens with two attached hydrogens (primary N) is 1. The van der Waals surface area contributed by atoms with Gasteiger partial charge in [0.25, 0.3) is 5.91 Å². The van der Waals surface area contributed by atoms with E-state index in [1.165, 1.54) is 25.5 Å². The lowest BCUT2D eigenvalue weighted by molar-refractivity contribution is 0.0947. The van der Waals surface area contributed by atoms with Crippen LogP contribution in [0.3, 0.4) is 0 Å². The number of pyridine rings is 1. The molecule has 0 bridgehead atoms. The fraction of sp³-hybridized carbons (Fsp3) is 0.538. The zero-order chi connectivity index (χ0) is 12.3. The zero-order valence-electron chi connectivity index (χ0n) is 10.1. The van der Waals surface area contributed by atoms with Gasteiger partial charge in [-0.15, -0.1) is 0 Å². The van der Waals surface area contributed by atoms with Crippen molar-refractivity contribution in [1.82, 2.24) is 10.3 Å². The maximum atomic E-state index is 11.9. The van der Waals surface area contributed by atoms with Crippen LogP contribution in [0.1, 0.15) is 36.5 Å². The van der Waals surface area contributed by atoms with Crippen LogP contribution in [0, 0.1) is 11.8 Å². The van der Waals surface area contributed by atoms with Crippen molar-refractivity contribution in [3.05, 3.63) is 24.0 Å². The Balaban J connectivity index is 1.88. The topological polar surface area (TPSA) is 68.0 Å². The molecule has 0 radical (unpaired) electrons. The standard InChI is InChI=1S/C13H19N3O/c1-9-2-3-10(6-9)7-16-13(17)11-8-15-5-4-12(11)14/h4-5,8-10H,2-3,6-7H2,1H3,(H2,14,15)(H,16,17). The van der Waals surface area contributed by atoms with Crippen molar-refractivity contribution in [2.75, 3.05) is 12.3 Å². The van der Waals surface area contributed by atoms with Gasteiger partial charge in [-0.1, -0.05) is 13.3 Å². The van der Waals surface area contributed by atoms with E-state index in [4.69, 9.17) is 5.73 Å². The lowest BCUT2D eigenvalue weighted by Crippen LogP contribution is -2.29. The zero-order valence-corrected chi connectivity index (χ0v) is 10.1. The maximum Gasteiger partial charge on any atom is 0.254 e. The summed E-state index contributed by atoms with van der Waals surface area (Å²) < 4.78 is 0. The first-order chi connectivity index (χ1) is 8.16. The Hall–Kier alpha value is -1.58. The molecule has 4 heteroatoms. The van der Waals surface area contributed by atoms with Crippen LogP contribution in [0.2, 0.25) is 0 Å². The van der Waals surface area contributed by atoms with Crippen molar-refractivity contribution in [3.8, 4) is 0 Å². The highest BCUT2D eigenvalue weighted by Gasteiger charge is 2.22. The summed E-state index contributed by atoms with van der Waals surface area (Å²) in [6.07, 6.45) is 6.80. The van der Waals surface area contributed by atoms with Gasteiger partial charge < -0.3 is 11.1 Å². The van der Waals surface area contributed by atoms with Crippen LogP contribution in [0.25, 0.3) is 0 Å². The molecular weight excluding hydrogens is 214 g/mol. The summed E-state index contributed by atoms with van der Waals surface area (Å²) in [5, 5.41) is 2.94. The van der Waals surface area contributed by atoms with E-state index in [-0.39, 0.29) is 5.91 Å². The van der Waals surface area contributed by atoms with Crippen LogP contribution >= 0.6 is 0 Å². The molecule has 1 aromatic heterocycles. The van der Waals surface area contributed by atoms with Gasteiger partial charge in [-0.3, -0.25) is 9.78 Å². The summed E-state index contributed by atoms with van der Waals surface area (Å²) in [6.45, 7) is 3.01. The Kier molecular flexibility index (Phi) is 3.61. The van der Waals surface area contributed by atoms with E-state index in [9.17, 15) is 4.79 Å². The van der Waals surface area contributed by atoms with Crippen LogP contribution in [0.15, 0.2) is 18.5 Å². The first-order valence-electron chi connectivity index (χ1n) is 6.14. The lowest BCUT2D eigenvalue weighted by atomic mass is 10.1. The molecule has 1 heterocycles. The van der Waals surface area contributed by atoms with Crippen LogP contribution in [-0.2, 0) is 0 Å². The SMILES string of the molecule is CC1CCC(CNC(=O)c2cnccc2N)C1. The molecule has 1 amide bonds. The molecule has 17 heavy (non-hydrogen) atoms. The summed E-state index contributed by atoms with van der Waals surface area (Å²) >= 11 is 0. The van der Waals surface area contributed by atoms with Gasteiger partial charge in [0.2, 0.25) is 0 Å². The van der Waals surface area contributed by atoms with Crippen molar-refractivity contribution < 1.29 is 4.79 Å². The van der Waals surface area contributed by atoms with Crippen molar-refractivity contribution >= 4 is 11.6 Å². The fourth-order valence-electron chi connectivity index (χ4n) is 2.44. The summed E-state index contributed by atoms with van der Waals surface area (Å²) in [6, 6.07) is 1.65. The Morgan fingerprint density at radius 3 is 3.06 bits per heavy atom. The molecule has 0 aliphatic heterocycles. The number of carbonyl (C=O) groups excluding carboxylic acids is 1. The molecule has 0 spiro atoms. The highest BCUT2D eigenvalue weighted by Crippen LogP contribution is 2.29. The van der Waals surface area contributed by atoms with E-state index in [0.717, 1.165) is 12.5 Å². The van der Waals surface area contributed by atoms with Gasteiger partial charge in [0.1, 0.15) is 0 Å². The van der Waals surface area contributed by atoms with Crippen LogP contribution in [0.5, 0.6) is 0 Å². The predicted octanol–water partition coefficient (Wildman–Crippen LogP) is 1.83. The minimum atomic E-state index is -0.116. The van der Waals surface area contributed by atoms with E-state index < -0.39 is 0 Å². The van der Waals surface area contributed by atoms with E-state index in [1.807, 2.05) is 0 Å². The lowest BCUT2D eigenvalue weighted by Gasteiger charge is -2.11. The van der Waals surface area contributed by atoms with Crippen molar-refractivity contribution in [2.24, 2.45) is 11.8 Å². The monoisotopic (exact) mass is 233 g/mol. The fourth-order valence-corrected chi connectivity index (χ4v) is 2.44. The Morgan fingerprint density at radius 2 is 2.41 bits per heavy atom. The van der Waals surface area contributed by atoms with Crippen molar-refractivity contribution in [1.29, 1.82) is 0 Å². The molecule has 1 aliphatic rings. The first kappa shape index (κ1) is 11.9. The quantitative estimate of drug-likeness (QED) is 0.837. The maximum absolute atomic E-state index is 11.9. The van der Waals surface area contributed by atoms with Crippen molar-refractivity contribution in [3.63, 3.8) is 0 Å². The number of anilines is 1. The average Bonchev–Trinajstić information content (AvgIpc) is 2.73. The molecule has 1 aliphatic carbocycles. The van der Waals surface area contributed by atoms with Gasteiger partial charge >= 0.3 is 0 Å². The number of amides is 1. The molecule has 1 aromatic rings. The second kappa shape index (κ2) is 5.17. The number of hydrogen-bond donors (Lipinski definition) is 2. The predicted molar refractivity (Wildman–Crippen MR) is 67.5 cm³/mol. The minimum absolute atomic E-state index is 0.116. The molecule has 92 valence electrons. The normalized spacial score (nSPS) is 23.6. The second-order valence-corrected chi connectivity index (χ2v) is 4.96. The van der Waals surface area contributed by atoms with Crippen LogP contribution < -0.4 is 11.1 Å². The Morgan fingerprint density at radius 1 is 1.59 bits per heavy atom. The summed E-state index contributed by atoms with van der Waals surface area (Å²) in [7, 11) is 0. The molecule has 1 saturated carbocycles. The molecule has 0 aromatic carbocycles. The molecule has 2 atom stereocenters. The third kappa shape index (κ3) is 2.96. The number of rotatable bonds is 3. The Bertz CT molecular complexity index is 405. The number of hydrogen-bond acceptors (Lipinski definition) is 3. The Labute approximate surface area is 102 Å². The van der Waals surface area contributed by atoms with Gasteiger partial charge in [-0.25, -0.2) is 0 Å². The highest BCUT2D eigenvalue weighted by molar-refractivity contribution is 5.98. The third-order valence-corrected chi connectivity index (χ3v) is 3.45. The molecule has 4 nitrogen and oxygen atoms in total. The van der Waals surface area contributed by atoms with E-state index in [0.29, 0.717) is 17.2 Å². The number of aromatic nitrogens is 1. The molecular formula is C13H19N3O. The number of nitrogen functional groups attached to an aromatic ring is 1. The third-order valence-electron chi connectivity index (χ3n) is 3.45. The summed E-state index contributed by atoms with van der Waals surface area (Å²) in [5.74, 6) is 1.29. The van der Waals surface area contributed by atoms with Crippen LogP contribution in [0.4, 0.5) is 5.69 Å². The molecule has 2 rings (SSSR count). The smallest absolute Gasteiger partial charge is 0.254 e. The number of nitrogens with zero attached hydrogens (tertiary/aromatic N) is 1. The molecule has 0 saturated heterocycles. The van der Waals surface area contributed by atoms with Gasteiger partial charge in [-0.05, 0) is 30.7 Å². The van der Waals surface area contributed by atoms with E-state index in [2.05, 4.69) is 17.2 Å². The molecule has 1 fully saturated rings. The molecule has 2 unspecified atom stereocenters. The number of carbonyl (C=O) groups is 1. The van der Waals surface area contributed by atoms with Gasteiger partial charge in [0.05, 0.1) is 5.56 Å². The second-order valence-electron chi connectivity index (χ2n) is 4.96. The summed E-state index contributed by atoms with van der Waals surface area (Å²) in [4.78, 5) is 15.8. The van der Waals surface area contributed by atoms with E-state index >= 15 is 0 Å². The number of nitrogens with one attached hydrogen (secondary N) is 1. The van der Waals surface area contributed by atoms with Gasteiger partial charge in [0.15, 0.2) is 0 Å². The largest absolute Gasteiger partial charge is 0.398 e. The minimum Gasteiger partial charge on any atom is -0.398 e.